The summed E-state index contributed by atoms with van der Waals surface area (Å²) < 4.78 is 11.0. The molecule has 106 valence electrons. The number of fused-ring (bicyclic) bond motifs is 2. The van der Waals surface area contributed by atoms with Crippen molar-refractivity contribution in [2.75, 3.05) is 7.11 Å². The van der Waals surface area contributed by atoms with Crippen molar-refractivity contribution in [1.82, 2.24) is 0 Å². The van der Waals surface area contributed by atoms with E-state index < -0.39 is 5.97 Å². The molecule has 0 fully saturated rings. The number of aryl methyl sites for hydroxylation is 1. The number of methoxy groups -OCH3 is 1. The summed E-state index contributed by atoms with van der Waals surface area (Å²) in [5.41, 5.74) is 1.34. The van der Waals surface area contributed by atoms with Crippen molar-refractivity contribution in [1.29, 1.82) is 0 Å². The summed E-state index contributed by atoms with van der Waals surface area (Å²) in [6.07, 6.45) is 0. The van der Waals surface area contributed by atoms with Crippen molar-refractivity contribution in [2.45, 2.75) is 6.92 Å². The summed E-state index contributed by atoms with van der Waals surface area (Å²) in [5, 5.41) is 9.64. The fourth-order valence-electron chi connectivity index (χ4n) is 2.35. The number of ether oxygens (including phenoxy) is 1. The van der Waals surface area contributed by atoms with Gasteiger partial charge in [0.15, 0.2) is 11.3 Å². The number of carboxylic acids is 1. The molecule has 0 aliphatic rings. The maximum Gasteiger partial charge on any atom is 0.335 e. The number of aromatic carboxylic acids is 1. The first-order chi connectivity index (χ1) is 10.0. The summed E-state index contributed by atoms with van der Waals surface area (Å²) in [6, 6.07) is 7.70. The summed E-state index contributed by atoms with van der Waals surface area (Å²) in [4.78, 5) is 23.6. The molecule has 0 aliphatic carbocycles. The van der Waals surface area contributed by atoms with E-state index in [1.807, 2.05) is 6.92 Å². The first kappa shape index (κ1) is 13.2. The lowest BCUT2D eigenvalue weighted by Gasteiger charge is -2.07. The van der Waals surface area contributed by atoms with Crippen LogP contribution in [0.2, 0.25) is 0 Å². The lowest BCUT2D eigenvalue weighted by atomic mass is 10.1. The van der Waals surface area contributed by atoms with Crippen LogP contribution < -0.4 is 10.2 Å². The number of hydrogen-bond donors (Lipinski definition) is 1. The molecule has 3 rings (SSSR count). The zero-order valence-electron chi connectivity index (χ0n) is 11.5. The Hall–Kier alpha value is -2.82. The third-order valence-corrected chi connectivity index (χ3v) is 3.35. The second-order valence-electron chi connectivity index (χ2n) is 4.79. The zero-order valence-corrected chi connectivity index (χ0v) is 11.5. The highest BCUT2D eigenvalue weighted by molar-refractivity contribution is 5.97. The van der Waals surface area contributed by atoms with Crippen LogP contribution in [0.1, 0.15) is 15.9 Å². The Balaban J connectivity index is 2.49. The number of benzene rings is 2. The lowest BCUT2D eigenvalue weighted by Crippen LogP contribution is -2.05. The molecule has 2 aromatic carbocycles. The quantitative estimate of drug-likeness (QED) is 0.732. The van der Waals surface area contributed by atoms with Crippen molar-refractivity contribution in [3.8, 4) is 5.75 Å². The van der Waals surface area contributed by atoms with Crippen molar-refractivity contribution >= 4 is 27.9 Å². The van der Waals surface area contributed by atoms with E-state index in [-0.39, 0.29) is 16.4 Å². The van der Waals surface area contributed by atoms with Crippen LogP contribution in [0, 0.1) is 6.92 Å². The molecule has 0 aliphatic heterocycles. The van der Waals surface area contributed by atoms with E-state index in [1.54, 1.807) is 12.1 Å². The normalized spacial score (nSPS) is 11.0. The maximum absolute atomic E-state index is 12.6. The molecule has 5 heteroatoms. The van der Waals surface area contributed by atoms with E-state index >= 15 is 0 Å². The Bertz CT molecular complexity index is 937. The highest BCUT2D eigenvalue weighted by Gasteiger charge is 2.14. The molecule has 1 aromatic heterocycles. The van der Waals surface area contributed by atoms with Gasteiger partial charge in [-0.1, -0.05) is 0 Å². The third-order valence-electron chi connectivity index (χ3n) is 3.35. The van der Waals surface area contributed by atoms with Crippen molar-refractivity contribution in [3.63, 3.8) is 0 Å². The molecule has 1 N–H and O–H groups in total. The summed E-state index contributed by atoms with van der Waals surface area (Å²) >= 11 is 0. The van der Waals surface area contributed by atoms with Gasteiger partial charge in [-0.15, -0.1) is 0 Å². The van der Waals surface area contributed by atoms with Gasteiger partial charge in [-0.05, 0) is 42.8 Å². The lowest BCUT2D eigenvalue weighted by molar-refractivity contribution is 0.0697. The highest BCUT2D eigenvalue weighted by Crippen LogP contribution is 2.28. The molecule has 1 heterocycles. The Morgan fingerprint density at radius 2 is 1.95 bits per heavy atom. The molecule has 5 nitrogen and oxygen atoms in total. The van der Waals surface area contributed by atoms with Crippen LogP contribution in [0.25, 0.3) is 21.9 Å². The SMILES string of the molecule is COc1cc(C)cc2c(=O)c3cc(C(=O)O)ccc3oc12. The van der Waals surface area contributed by atoms with Crippen molar-refractivity contribution in [3.05, 3.63) is 51.7 Å². The number of hydrogen-bond acceptors (Lipinski definition) is 4. The van der Waals surface area contributed by atoms with Gasteiger partial charge in [-0.3, -0.25) is 4.79 Å². The van der Waals surface area contributed by atoms with E-state index in [9.17, 15) is 9.59 Å². The van der Waals surface area contributed by atoms with E-state index in [4.69, 9.17) is 14.3 Å². The molecule has 3 aromatic rings. The monoisotopic (exact) mass is 284 g/mol. The van der Waals surface area contributed by atoms with Crippen LogP contribution in [0.4, 0.5) is 0 Å². The van der Waals surface area contributed by atoms with Crippen molar-refractivity contribution in [2.24, 2.45) is 0 Å². The summed E-state index contributed by atoms with van der Waals surface area (Å²) in [6.45, 7) is 1.85. The molecule has 0 atom stereocenters. The predicted molar refractivity (Wildman–Crippen MR) is 78.2 cm³/mol. The Kier molecular flexibility index (Phi) is 2.90. The topological polar surface area (TPSA) is 76.7 Å². The maximum atomic E-state index is 12.6. The standard InChI is InChI=1S/C16H12O5/c1-8-5-11-14(17)10-7-9(16(18)19)3-4-12(10)21-15(11)13(6-8)20-2/h3-7H,1-2H3,(H,18,19). The van der Waals surface area contributed by atoms with Crippen LogP contribution in [0.15, 0.2) is 39.5 Å². The average molecular weight is 284 g/mol. The molecule has 0 unspecified atom stereocenters. The molecular formula is C16H12O5. The smallest absolute Gasteiger partial charge is 0.335 e. The molecule has 0 saturated heterocycles. The molecule has 0 saturated carbocycles. The first-order valence-corrected chi connectivity index (χ1v) is 6.30. The van der Waals surface area contributed by atoms with Gasteiger partial charge in [0.05, 0.1) is 23.4 Å². The average Bonchev–Trinajstić information content (AvgIpc) is 2.47. The largest absolute Gasteiger partial charge is 0.493 e. The van der Waals surface area contributed by atoms with E-state index in [1.165, 1.54) is 25.3 Å². The minimum atomic E-state index is -1.08. The minimum Gasteiger partial charge on any atom is -0.493 e. The van der Waals surface area contributed by atoms with Crippen LogP contribution in [0.3, 0.4) is 0 Å². The van der Waals surface area contributed by atoms with E-state index in [0.717, 1.165) is 5.56 Å². The first-order valence-electron chi connectivity index (χ1n) is 6.30. The number of rotatable bonds is 2. The number of carboxylic acid groups (broad SMARTS) is 1. The van der Waals surface area contributed by atoms with Gasteiger partial charge >= 0.3 is 5.97 Å². The van der Waals surface area contributed by atoms with Crippen LogP contribution >= 0.6 is 0 Å². The van der Waals surface area contributed by atoms with Gasteiger partial charge < -0.3 is 14.3 Å². The molecule has 21 heavy (non-hydrogen) atoms. The van der Waals surface area contributed by atoms with Crippen LogP contribution in [0.5, 0.6) is 5.75 Å². The van der Waals surface area contributed by atoms with Gasteiger partial charge in [0.1, 0.15) is 5.58 Å². The van der Waals surface area contributed by atoms with Gasteiger partial charge in [0, 0.05) is 0 Å². The van der Waals surface area contributed by atoms with Crippen LogP contribution in [-0.2, 0) is 0 Å². The second kappa shape index (κ2) is 4.63. The van der Waals surface area contributed by atoms with Gasteiger partial charge in [0.2, 0.25) is 5.43 Å². The molecule has 0 spiro atoms. The van der Waals surface area contributed by atoms with E-state index in [2.05, 4.69) is 0 Å². The molecule has 0 amide bonds. The molecular weight excluding hydrogens is 272 g/mol. The molecule has 0 bridgehead atoms. The summed E-state index contributed by atoms with van der Waals surface area (Å²) in [5.74, 6) is -0.607. The molecule has 0 radical (unpaired) electrons. The van der Waals surface area contributed by atoms with Crippen molar-refractivity contribution < 1.29 is 19.1 Å². The predicted octanol–water partition coefficient (Wildman–Crippen LogP) is 2.96. The number of carbonyl (C=O) groups is 1. The van der Waals surface area contributed by atoms with Crippen LogP contribution in [-0.4, -0.2) is 18.2 Å². The van der Waals surface area contributed by atoms with E-state index in [0.29, 0.717) is 22.3 Å². The Morgan fingerprint density at radius 3 is 2.62 bits per heavy atom. The Labute approximate surface area is 119 Å². The zero-order chi connectivity index (χ0) is 15.1. The van der Waals surface area contributed by atoms with Gasteiger partial charge in [-0.25, -0.2) is 4.79 Å². The fraction of sp³-hybridized carbons (Fsp3) is 0.125. The van der Waals surface area contributed by atoms with Gasteiger partial charge in [-0.2, -0.15) is 0 Å². The second-order valence-corrected chi connectivity index (χ2v) is 4.79. The van der Waals surface area contributed by atoms with Gasteiger partial charge in [0.25, 0.3) is 0 Å². The minimum absolute atomic E-state index is 0.0498. The third kappa shape index (κ3) is 2.03. The fourth-order valence-corrected chi connectivity index (χ4v) is 2.35. The Morgan fingerprint density at radius 1 is 1.19 bits per heavy atom. The highest BCUT2D eigenvalue weighted by atomic mass is 16.5. The summed E-state index contributed by atoms with van der Waals surface area (Å²) in [7, 11) is 1.51.